The Labute approximate surface area is 154 Å². The van der Waals surface area contributed by atoms with Crippen LogP contribution in [0.1, 0.15) is 49.9 Å². The standard InChI is InChI=1S/C21H27N3O2/c1-21(2)7-3-9-24(13-21)12-18(25)23-19-16(20(26)14-4-5-14)10-15-6-8-22-11-17(15)19/h6,8,10-11,14,22H,3-5,7,9,12-13H2,1-2H3,(H,23,25). The van der Waals surface area contributed by atoms with Crippen molar-refractivity contribution in [1.29, 1.82) is 0 Å². The number of carbonyl (C=O) groups is 2. The number of hydrogen-bond donors (Lipinski definition) is 2. The molecule has 0 spiro atoms. The molecular formula is C21H27N3O2. The van der Waals surface area contributed by atoms with Crippen molar-refractivity contribution in [2.45, 2.75) is 39.5 Å². The predicted octanol–water partition coefficient (Wildman–Crippen LogP) is 3.77. The quantitative estimate of drug-likeness (QED) is 0.804. The highest BCUT2D eigenvalue weighted by atomic mass is 16.2. The van der Waals surface area contributed by atoms with Crippen LogP contribution in [-0.4, -0.2) is 41.2 Å². The molecule has 4 aliphatic rings. The smallest absolute Gasteiger partial charge is 0.238 e. The van der Waals surface area contributed by atoms with Crippen molar-refractivity contribution in [2.75, 3.05) is 25.0 Å². The predicted molar refractivity (Wildman–Crippen MR) is 103 cm³/mol. The highest BCUT2D eigenvalue weighted by Gasteiger charge is 2.34. The van der Waals surface area contributed by atoms with Crippen LogP contribution in [0.25, 0.3) is 11.1 Å². The molecule has 4 rings (SSSR count). The van der Waals surface area contributed by atoms with Gasteiger partial charge in [-0.05, 0) is 55.3 Å². The number of hydrogen-bond acceptors (Lipinski definition) is 3. The van der Waals surface area contributed by atoms with Crippen LogP contribution in [0.3, 0.4) is 0 Å². The Bertz CT molecular complexity index is 804. The first-order valence-corrected chi connectivity index (χ1v) is 9.59. The maximum absolute atomic E-state index is 12.7. The zero-order chi connectivity index (χ0) is 18.3. The minimum absolute atomic E-state index is 0.0381. The summed E-state index contributed by atoms with van der Waals surface area (Å²) in [5.41, 5.74) is 3.49. The van der Waals surface area contributed by atoms with Gasteiger partial charge in [-0.1, -0.05) is 13.8 Å². The number of pyridine rings is 1. The lowest BCUT2D eigenvalue weighted by Gasteiger charge is -2.37. The summed E-state index contributed by atoms with van der Waals surface area (Å²) in [6.45, 7) is 6.78. The highest BCUT2D eigenvalue weighted by molar-refractivity contribution is 6.12. The summed E-state index contributed by atoms with van der Waals surface area (Å²) in [6.07, 6.45) is 7.95. The number of nitrogens with zero attached hydrogens (tertiary/aromatic N) is 1. The molecule has 2 aliphatic carbocycles. The van der Waals surface area contributed by atoms with E-state index in [-0.39, 0.29) is 23.0 Å². The first-order chi connectivity index (χ1) is 12.4. The van der Waals surface area contributed by atoms with Crippen molar-refractivity contribution in [3.63, 3.8) is 0 Å². The summed E-state index contributed by atoms with van der Waals surface area (Å²) in [5, 5.41) is 3.05. The van der Waals surface area contributed by atoms with Gasteiger partial charge in [0.25, 0.3) is 0 Å². The number of piperidine rings is 1. The van der Waals surface area contributed by atoms with Gasteiger partial charge in [0.15, 0.2) is 5.78 Å². The number of fused-ring (bicyclic) bond motifs is 1. The van der Waals surface area contributed by atoms with Gasteiger partial charge in [-0.3, -0.25) is 14.5 Å². The largest absolute Gasteiger partial charge is 0.367 e. The fraction of sp³-hybridized carbons (Fsp3) is 0.524. The summed E-state index contributed by atoms with van der Waals surface area (Å²) in [6, 6.07) is 3.87. The second-order valence-electron chi connectivity index (χ2n) is 8.61. The zero-order valence-corrected chi connectivity index (χ0v) is 15.6. The fourth-order valence-electron chi connectivity index (χ4n) is 4.11. The number of Topliss-reactive ketones (excluding diaryl/α,β-unsaturated/α-hetero) is 1. The van der Waals surface area contributed by atoms with Crippen LogP contribution in [0.5, 0.6) is 0 Å². The molecule has 2 aliphatic heterocycles. The van der Waals surface area contributed by atoms with E-state index < -0.39 is 0 Å². The Hall–Kier alpha value is -2.14. The molecule has 2 N–H and O–H groups in total. The van der Waals surface area contributed by atoms with Crippen LogP contribution in [0.15, 0.2) is 24.5 Å². The second kappa shape index (κ2) is 6.54. The lowest BCUT2D eigenvalue weighted by Crippen LogP contribution is -2.43. The second-order valence-corrected chi connectivity index (χ2v) is 8.61. The van der Waals surface area contributed by atoms with E-state index >= 15 is 0 Å². The molecule has 138 valence electrons. The number of nitrogens with one attached hydrogen (secondary N) is 2. The van der Waals surface area contributed by atoms with Crippen LogP contribution < -0.4 is 5.32 Å². The van der Waals surface area contributed by atoms with Gasteiger partial charge in [-0.15, -0.1) is 0 Å². The number of H-pyrrole nitrogens is 1. The fourth-order valence-corrected chi connectivity index (χ4v) is 4.11. The molecular weight excluding hydrogens is 326 g/mol. The number of likely N-dealkylation sites (tertiary alicyclic amines) is 1. The summed E-state index contributed by atoms with van der Waals surface area (Å²) in [5.74, 6) is 0.258. The van der Waals surface area contributed by atoms with Gasteiger partial charge in [-0.2, -0.15) is 0 Å². The first kappa shape index (κ1) is 17.3. The maximum atomic E-state index is 12.7. The van der Waals surface area contributed by atoms with E-state index in [9.17, 15) is 9.59 Å². The lowest BCUT2D eigenvalue weighted by atomic mass is 9.84. The molecule has 1 saturated heterocycles. The van der Waals surface area contributed by atoms with Crippen LogP contribution in [0.4, 0.5) is 5.69 Å². The molecule has 0 aromatic heterocycles. The lowest BCUT2D eigenvalue weighted by molar-refractivity contribution is -0.118. The number of aromatic nitrogens is 1. The van der Waals surface area contributed by atoms with Gasteiger partial charge in [0.1, 0.15) is 0 Å². The highest BCUT2D eigenvalue weighted by Crippen LogP contribution is 2.41. The van der Waals surface area contributed by atoms with Gasteiger partial charge in [0.05, 0.1) is 12.2 Å². The molecule has 0 aromatic rings. The summed E-state index contributed by atoms with van der Waals surface area (Å²) in [4.78, 5) is 30.7. The molecule has 1 amide bonds. The van der Waals surface area contributed by atoms with Crippen molar-refractivity contribution in [2.24, 2.45) is 11.3 Å². The van der Waals surface area contributed by atoms with E-state index in [1.807, 2.05) is 24.5 Å². The Morgan fingerprint density at radius 2 is 2.15 bits per heavy atom. The molecule has 2 fully saturated rings. The number of carbonyl (C=O) groups excluding carboxylic acids is 2. The van der Waals surface area contributed by atoms with Crippen LogP contribution >= 0.6 is 0 Å². The molecule has 0 aromatic carbocycles. The number of ketones is 1. The van der Waals surface area contributed by atoms with E-state index in [1.54, 1.807) is 0 Å². The van der Waals surface area contributed by atoms with E-state index in [0.717, 1.165) is 43.5 Å². The number of aromatic amines is 1. The van der Waals surface area contributed by atoms with E-state index in [4.69, 9.17) is 0 Å². The first-order valence-electron chi connectivity index (χ1n) is 9.59. The Kier molecular flexibility index (Phi) is 4.35. The maximum Gasteiger partial charge on any atom is 0.238 e. The van der Waals surface area contributed by atoms with Crippen molar-refractivity contribution in [1.82, 2.24) is 9.88 Å². The van der Waals surface area contributed by atoms with Gasteiger partial charge in [0, 0.05) is 36.0 Å². The number of anilines is 1. The molecule has 0 atom stereocenters. The van der Waals surface area contributed by atoms with Gasteiger partial charge < -0.3 is 10.3 Å². The number of amides is 1. The van der Waals surface area contributed by atoms with Crippen LogP contribution in [0, 0.1) is 11.3 Å². The third-order valence-corrected chi connectivity index (χ3v) is 5.56. The summed E-state index contributed by atoms with van der Waals surface area (Å²) in [7, 11) is 0. The van der Waals surface area contributed by atoms with Gasteiger partial charge in [0.2, 0.25) is 5.91 Å². The SMILES string of the molecule is CC1(C)CCCN(CC(=O)Nc2c(C(=O)C3CC3)cc3cc[nH]cc2-3)C1. The molecule has 26 heavy (non-hydrogen) atoms. The topological polar surface area (TPSA) is 65.2 Å². The van der Waals surface area contributed by atoms with Gasteiger partial charge in [-0.25, -0.2) is 0 Å². The van der Waals surface area contributed by atoms with Crippen molar-refractivity contribution in [3.8, 4) is 11.1 Å². The average Bonchev–Trinajstić information content (AvgIpc) is 3.37. The van der Waals surface area contributed by atoms with Crippen LogP contribution in [-0.2, 0) is 4.79 Å². The Balaban J connectivity index is 1.53. The monoisotopic (exact) mass is 353 g/mol. The third kappa shape index (κ3) is 3.54. The molecule has 5 nitrogen and oxygen atoms in total. The van der Waals surface area contributed by atoms with Crippen molar-refractivity contribution >= 4 is 17.4 Å². The minimum atomic E-state index is -0.0381. The van der Waals surface area contributed by atoms with Crippen molar-refractivity contribution in [3.05, 3.63) is 30.1 Å². The normalized spacial score (nSPS) is 20.2. The molecule has 0 unspecified atom stereocenters. The molecule has 5 heteroatoms. The van der Waals surface area contributed by atoms with E-state index in [2.05, 4.69) is 29.0 Å². The van der Waals surface area contributed by atoms with Gasteiger partial charge >= 0.3 is 0 Å². The molecule has 2 heterocycles. The average molecular weight is 353 g/mol. The molecule has 1 saturated carbocycles. The van der Waals surface area contributed by atoms with E-state index in [1.165, 1.54) is 6.42 Å². The Morgan fingerprint density at radius 3 is 2.88 bits per heavy atom. The summed E-state index contributed by atoms with van der Waals surface area (Å²) >= 11 is 0. The summed E-state index contributed by atoms with van der Waals surface area (Å²) < 4.78 is 0. The Morgan fingerprint density at radius 1 is 1.35 bits per heavy atom. The van der Waals surface area contributed by atoms with Crippen molar-refractivity contribution < 1.29 is 9.59 Å². The molecule has 0 radical (unpaired) electrons. The minimum Gasteiger partial charge on any atom is -0.367 e. The van der Waals surface area contributed by atoms with E-state index in [0.29, 0.717) is 17.8 Å². The van der Waals surface area contributed by atoms with Crippen LogP contribution in [0.2, 0.25) is 0 Å². The number of rotatable bonds is 5. The zero-order valence-electron chi connectivity index (χ0n) is 15.6. The molecule has 0 bridgehead atoms. The third-order valence-electron chi connectivity index (χ3n) is 5.56.